The third-order valence-electron chi connectivity index (χ3n) is 5.56. The summed E-state index contributed by atoms with van der Waals surface area (Å²) in [5, 5.41) is 7.17. The maximum absolute atomic E-state index is 13.0. The molecule has 1 atom stereocenters. The van der Waals surface area contributed by atoms with E-state index in [4.69, 9.17) is 4.52 Å². The maximum atomic E-state index is 13.0. The van der Waals surface area contributed by atoms with Gasteiger partial charge in [-0.1, -0.05) is 41.1 Å². The van der Waals surface area contributed by atoms with E-state index in [2.05, 4.69) is 22.4 Å². The van der Waals surface area contributed by atoms with Crippen molar-refractivity contribution in [3.05, 3.63) is 65.0 Å². The van der Waals surface area contributed by atoms with Crippen molar-refractivity contribution in [2.75, 3.05) is 11.9 Å². The molecule has 0 saturated carbocycles. The Morgan fingerprint density at radius 2 is 1.86 bits per heavy atom. The molecule has 2 aromatic carbocycles. The van der Waals surface area contributed by atoms with Crippen LogP contribution < -0.4 is 5.32 Å². The molecule has 0 bridgehead atoms. The van der Waals surface area contributed by atoms with Crippen molar-refractivity contribution < 1.29 is 9.32 Å². The van der Waals surface area contributed by atoms with Crippen LogP contribution in [0.1, 0.15) is 47.9 Å². The van der Waals surface area contributed by atoms with Gasteiger partial charge in [0.05, 0.1) is 0 Å². The molecule has 1 aromatic heterocycles. The van der Waals surface area contributed by atoms with Gasteiger partial charge in [0, 0.05) is 17.8 Å². The molecule has 0 spiro atoms. The first-order chi connectivity index (χ1) is 14.0. The van der Waals surface area contributed by atoms with Gasteiger partial charge in [-0.25, -0.2) is 4.79 Å². The minimum Gasteiger partial charge on any atom is -0.337 e. The SMILES string of the molecule is Cc1ccc(-c2noc([C@@H]3CCCCN3C(=O)Nc3ccc(C)c(C)c3)n2)cc1. The second-order valence-corrected chi connectivity index (χ2v) is 7.76. The van der Waals surface area contributed by atoms with Gasteiger partial charge in [-0.15, -0.1) is 0 Å². The molecule has 4 rings (SSSR count). The predicted molar refractivity (Wildman–Crippen MR) is 113 cm³/mol. The second kappa shape index (κ2) is 8.07. The monoisotopic (exact) mass is 390 g/mol. The molecule has 1 N–H and O–H groups in total. The standard InChI is InChI=1S/C23H26N4O2/c1-15-7-10-18(11-8-15)21-25-22(29-26-21)20-6-4-5-13-27(20)23(28)24-19-12-9-16(2)17(3)14-19/h7-12,14,20H,4-6,13H2,1-3H3,(H,24,28)/t20-/m0/s1. The number of piperidine rings is 1. The Bertz CT molecular complexity index is 1010. The van der Waals surface area contributed by atoms with Crippen LogP contribution in [0, 0.1) is 20.8 Å². The van der Waals surface area contributed by atoms with Crippen LogP contribution in [-0.2, 0) is 0 Å². The number of benzene rings is 2. The van der Waals surface area contributed by atoms with Crippen molar-refractivity contribution in [2.45, 2.75) is 46.1 Å². The molecule has 1 fully saturated rings. The molecule has 29 heavy (non-hydrogen) atoms. The largest absolute Gasteiger partial charge is 0.337 e. The van der Waals surface area contributed by atoms with Gasteiger partial charge in [-0.2, -0.15) is 4.98 Å². The molecule has 0 unspecified atom stereocenters. The third kappa shape index (κ3) is 4.16. The molecule has 1 aliphatic rings. The van der Waals surface area contributed by atoms with Crippen LogP contribution in [0.2, 0.25) is 0 Å². The summed E-state index contributed by atoms with van der Waals surface area (Å²) in [4.78, 5) is 19.4. The molecule has 2 amide bonds. The zero-order valence-electron chi connectivity index (χ0n) is 17.1. The van der Waals surface area contributed by atoms with Crippen molar-refractivity contribution in [3.63, 3.8) is 0 Å². The predicted octanol–water partition coefficient (Wildman–Crippen LogP) is 5.42. The molecule has 0 radical (unpaired) electrons. The lowest BCUT2D eigenvalue weighted by molar-refractivity contribution is 0.142. The van der Waals surface area contributed by atoms with Gasteiger partial charge in [0.25, 0.3) is 0 Å². The van der Waals surface area contributed by atoms with Crippen LogP contribution in [0.5, 0.6) is 0 Å². The minimum atomic E-state index is -0.206. The lowest BCUT2D eigenvalue weighted by Crippen LogP contribution is -2.41. The first kappa shape index (κ1) is 19.2. The van der Waals surface area contributed by atoms with Gasteiger partial charge in [0.1, 0.15) is 6.04 Å². The van der Waals surface area contributed by atoms with Crippen molar-refractivity contribution in [2.24, 2.45) is 0 Å². The number of nitrogens with zero attached hydrogens (tertiary/aromatic N) is 3. The summed E-state index contributed by atoms with van der Waals surface area (Å²) in [5.74, 6) is 1.05. The van der Waals surface area contributed by atoms with Crippen LogP contribution in [0.4, 0.5) is 10.5 Å². The lowest BCUT2D eigenvalue weighted by atomic mass is 10.0. The van der Waals surface area contributed by atoms with Gasteiger partial charge in [-0.05, 0) is 63.3 Å². The molecule has 6 heteroatoms. The lowest BCUT2D eigenvalue weighted by Gasteiger charge is -2.33. The van der Waals surface area contributed by atoms with E-state index in [0.29, 0.717) is 18.3 Å². The van der Waals surface area contributed by atoms with Crippen LogP contribution in [-0.4, -0.2) is 27.6 Å². The summed E-state index contributed by atoms with van der Waals surface area (Å²) in [7, 11) is 0. The highest BCUT2D eigenvalue weighted by Gasteiger charge is 2.32. The number of aryl methyl sites for hydroxylation is 3. The highest BCUT2D eigenvalue weighted by Crippen LogP contribution is 2.32. The fourth-order valence-corrected chi connectivity index (χ4v) is 3.64. The smallest absolute Gasteiger partial charge is 0.322 e. The summed E-state index contributed by atoms with van der Waals surface area (Å²) >= 11 is 0. The van der Waals surface area contributed by atoms with Crippen LogP contribution >= 0.6 is 0 Å². The van der Waals surface area contributed by atoms with Crippen LogP contribution in [0.25, 0.3) is 11.4 Å². The normalized spacial score (nSPS) is 16.7. The Morgan fingerprint density at radius 3 is 2.62 bits per heavy atom. The van der Waals surface area contributed by atoms with E-state index in [0.717, 1.165) is 36.1 Å². The fourth-order valence-electron chi connectivity index (χ4n) is 3.64. The topological polar surface area (TPSA) is 71.3 Å². The van der Waals surface area contributed by atoms with E-state index < -0.39 is 0 Å². The Morgan fingerprint density at radius 1 is 1.07 bits per heavy atom. The molecular formula is C23H26N4O2. The summed E-state index contributed by atoms with van der Waals surface area (Å²) < 4.78 is 5.57. The summed E-state index contributed by atoms with van der Waals surface area (Å²) in [6.45, 7) is 6.81. The molecular weight excluding hydrogens is 364 g/mol. The number of hydrogen-bond donors (Lipinski definition) is 1. The van der Waals surface area contributed by atoms with Gasteiger partial charge >= 0.3 is 6.03 Å². The molecule has 0 aliphatic carbocycles. The highest BCUT2D eigenvalue weighted by molar-refractivity contribution is 5.89. The average Bonchev–Trinajstić information content (AvgIpc) is 3.21. The minimum absolute atomic E-state index is 0.131. The van der Waals surface area contributed by atoms with Gasteiger partial charge < -0.3 is 14.7 Å². The molecule has 3 aromatic rings. The Labute approximate surface area is 170 Å². The number of anilines is 1. The molecule has 150 valence electrons. The summed E-state index contributed by atoms with van der Waals surface area (Å²) in [6.07, 6.45) is 2.81. The second-order valence-electron chi connectivity index (χ2n) is 7.76. The number of aromatic nitrogens is 2. The zero-order chi connectivity index (χ0) is 20.4. The summed E-state index contributed by atoms with van der Waals surface area (Å²) in [5.41, 5.74) is 5.24. The number of nitrogens with one attached hydrogen (secondary N) is 1. The zero-order valence-corrected chi connectivity index (χ0v) is 17.1. The van der Waals surface area contributed by atoms with E-state index >= 15 is 0 Å². The van der Waals surface area contributed by atoms with Crippen molar-refractivity contribution in [1.82, 2.24) is 15.0 Å². The molecule has 1 aliphatic heterocycles. The van der Waals surface area contributed by atoms with E-state index in [1.54, 1.807) is 0 Å². The van der Waals surface area contributed by atoms with Crippen LogP contribution in [0.3, 0.4) is 0 Å². The third-order valence-corrected chi connectivity index (χ3v) is 5.56. The van der Waals surface area contributed by atoms with Gasteiger partial charge in [0.2, 0.25) is 11.7 Å². The number of urea groups is 1. The Hall–Kier alpha value is -3.15. The first-order valence-electron chi connectivity index (χ1n) is 10.1. The van der Waals surface area contributed by atoms with Crippen molar-refractivity contribution >= 4 is 11.7 Å². The Balaban J connectivity index is 1.53. The average molecular weight is 390 g/mol. The van der Waals surface area contributed by atoms with Crippen molar-refractivity contribution in [3.8, 4) is 11.4 Å². The van der Waals surface area contributed by atoms with Crippen LogP contribution in [0.15, 0.2) is 47.0 Å². The Kier molecular flexibility index (Phi) is 5.34. The molecule has 1 saturated heterocycles. The fraction of sp³-hybridized carbons (Fsp3) is 0.348. The number of likely N-dealkylation sites (tertiary alicyclic amines) is 1. The van der Waals surface area contributed by atoms with Crippen molar-refractivity contribution in [1.29, 1.82) is 0 Å². The quantitative estimate of drug-likeness (QED) is 0.648. The molecule has 6 nitrogen and oxygen atoms in total. The van der Waals surface area contributed by atoms with E-state index in [1.807, 2.05) is 61.2 Å². The van der Waals surface area contributed by atoms with E-state index in [-0.39, 0.29) is 12.1 Å². The summed E-state index contributed by atoms with van der Waals surface area (Å²) in [6, 6.07) is 13.6. The van der Waals surface area contributed by atoms with E-state index in [1.165, 1.54) is 11.1 Å². The number of carbonyl (C=O) groups excluding carboxylic acids is 1. The first-order valence-corrected chi connectivity index (χ1v) is 10.1. The van der Waals surface area contributed by atoms with Gasteiger partial charge in [-0.3, -0.25) is 0 Å². The number of rotatable bonds is 3. The van der Waals surface area contributed by atoms with Gasteiger partial charge in [0.15, 0.2) is 0 Å². The highest BCUT2D eigenvalue weighted by atomic mass is 16.5. The van der Waals surface area contributed by atoms with E-state index in [9.17, 15) is 4.79 Å². The number of carbonyl (C=O) groups is 1. The maximum Gasteiger partial charge on any atom is 0.322 e. The number of hydrogen-bond acceptors (Lipinski definition) is 4. The molecule has 2 heterocycles. The number of amides is 2.